The summed E-state index contributed by atoms with van der Waals surface area (Å²) in [6.07, 6.45) is 90.7. The second-order valence-electron chi connectivity index (χ2n) is 43.1. The molecule has 758 valence electrons. The van der Waals surface area contributed by atoms with Gasteiger partial charge in [-0.25, -0.2) is 0 Å². The lowest BCUT2D eigenvalue weighted by Crippen LogP contribution is -2.35. The quantitative estimate of drug-likeness (QED) is 0.0280. The normalized spacial score (nSPS) is 21.5. The van der Waals surface area contributed by atoms with E-state index in [2.05, 4.69) is 54.7 Å². The molecule has 3 fully saturated rings. The average Bonchev–Trinajstić information content (AvgIpc) is 1.67. The smallest absolute Gasteiger partial charge is 0.253 e. The average molecular weight is 1850 g/mol. The van der Waals surface area contributed by atoms with Gasteiger partial charge >= 0.3 is 0 Å². The molecule has 2 aromatic heterocycles. The predicted molar refractivity (Wildman–Crippen MR) is 556 cm³/mol. The van der Waals surface area contributed by atoms with Crippen molar-refractivity contribution in [3.8, 4) is 23.5 Å². The van der Waals surface area contributed by atoms with Crippen molar-refractivity contribution in [2.75, 3.05) is 36.0 Å². The highest BCUT2D eigenvalue weighted by molar-refractivity contribution is 6.13. The lowest BCUT2D eigenvalue weighted by Gasteiger charge is -2.44. The summed E-state index contributed by atoms with van der Waals surface area (Å²) in [7, 11) is 0. The minimum atomic E-state index is -0.213. The van der Waals surface area contributed by atoms with E-state index in [9.17, 15) is 49.2 Å². The maximum atomic E-state index is 13.9. The lowest BCUT2D eigenvalue weighted by molar-refractivity contribution is -0.138. The van der Waals surface area contributed by atoms with Crippen molar-refractivity contribution in [3.63, 3.8) is 0 Å². The summed E-state index contributed by atoms with van der Waals surface area (Å²) in [5, 5.41) is 46.1. The number of aromatic hydroxyl groups is 4. The van der Waals surface area contributed by atoms with Crippen LogP contribution >= 0.6 is 0 Å². The first kappa shape index (κ1) is 114. The van der Waals surface area contributed by atoms with Crippen LogP contribution in [0, 0.1) is 71.0 Å². The second kappa shape index (κ2) is 67.3. The summed E-state index contributed by atoms with van der Waals surface area (Å²) < 4.78 is 3.19. The van der Waals surface area contributed by atoms with E-state index >= 15 is 0 Å². The molecule has 3 aliphatic carbocycles. The van der Waals surface area contributed by atoms with Gasteiger partial charge in [0, 0.05) is 86.9 Å². The molecule has 16 nitrogen and oxygen atoms in total. The number of imide groups is 2. The number of anilines is 2. The molecule has 0 bridgehead atoms. The Morgan fingerprint density at radius 2 is 0.511 bits per heavy atom. The number of amides is 6. The Hall–Kier alpha value is -6.06. The van der Waals surface area contributed by atoms with Gasteiger partial charge in [0.15, 0.2) is 11.8 Å². The van der Waals surface area contributed by atoms with E-state index in [1.165, 1.54) is 368 Å². The zero-order chi connectivity index (χ0) is 95.8. The molecule has 5 aliphatic rings. The molecule has 2 aliphatic heterocycles. The molecule has 12 unspecified atom stereocenters. The first-order chi connectivity index (χ1) is 64.7. The molecule has 12 atom stereocenters. The number of carbonyl (C=O) groups excluding carboxylic acids is 6. The third kappa shape index (κ3) is 40.0. The molecule has 4 heterocycles. The number of carbonyl (C=O) groups is 6. The van der Waals surface area contributed by atoms with Crippen molar-refractivity contribution in [2.24, 2.45) is 71.0 Å². The van der Waals surface area contributed by atoms with Crippen LogP contribution in [0.25, 0.3) is 0 Å². The fourth-order valence-corrected chi connectivity index (χ4v) is 25.5. The number of hydrogen-bond acceptors (Lipinski definition) is 10. The number of nitrogens with zero attached hydrogens (tertiary/aromatic N) is 6. The van der Waals surface area contributed by atoms with Crippen LogP contribution in [0.4, 0.5) is 11.4 Å². The third-order valence-corrected chi connectivity index (χ3v) is 33.1. The molecule has 0 aromatic carbocycles. The van der Waals surface area contributed by atoms with Crippen LogP contribution in [0.1, 0.15) is 498 Å². The highest BCUT2D eigenvalue weighted by Gasteiger charge is 2.42. The van der Waals surface area contributed by atoms with Gasteiger partial charge in [-0.15, -0.1) is 0 Å². The van der Waals surface area contributed by atoms with E-state index in [-0.39, 0.29) is 59.0 Å². The molecule has 0 spiro atoms. The number of aromatic nitrogens is 2. The van der Waals surface area contributed by atoms with E-state index in [4.69, 9.17) is 0 Å². The SMILES string of the molecule is C=C(C)C(=O)N(CCCCCCCCC1CCC(CCC)C(CCCCCCC)C1CCCCCCCCN(C(=O)C(=C)C)c1cc(O)n(CCCCCCCCC2C(CCCCCCCCN3C(=O)C=CC3=O)CCC(CCCCCC)C2CCCCCC)c1O)c1cc(O)n(CCCCCCCCC2C(CCCCCCCCN3C(=O)C=CC3=O)CCC(CC)C2CCC)c1O. The molecule has 2 aromatic rings. The molecule has 16 heteroatoms. The molecule has 133 heavy (non-hydrogen) atoms. The minimum Gasteiger partial charge on any atom is -0.494 e. The monoisotopic (exact) mass is 1850 g/mol. The van der Waals surface area contributed by atoms with Gasteiger partial charge in [0.05, 0.1) is 0 Å². The van der Waals surface area contributed by atoms with E-state index in [1.807, 2.05) is 0 Å². The van der Waals surface area contributed by atoms with Gasteiger partial charge in [0.25, 0.3) is 35.4 Å². The molecule has 6 amide bonds. The summed E-state index contributed by atoms with van der Waals surface area (Å²) in [6.45, 7) is 28.7. The molecular weight excluding hydrogens is 1650 g/mol. The summed E-state index contributed by atoms with van der Waals surface area (Å²) in [5.41, 5.74) is 1.60. The zero-order valence-electron chi connectivity index (χ0n) is 86.8. The van der Waals surface area contributed by atoms with Gasteiger partial charge in [-0.1, -0.05) is 389 Å². The fourth-order valence-electron chi connectivity index (χ4n) is 25.5. The van der Waals surface area contributed by atoms with E-state index in [1.54, 1.807) is 44.9 Å². The number of rotatable bonds is 79. The minimum absolute atomic E-state index is 0.00115. The summed E-state index contributed by atoms with van der Waals surface area (Å²) in [5.74, 6) is 8.82. The van der Waals surface area contributed by atoms with Crippen LogP contribution < -0.4 is 9.80 Å². The van der Waals surface area contributed by atoms with Crippen LogP contribution in [-0.4, -0.2) is 101 Å². The van der Waals surface area contributed by atoms with Crippen LogP contribution in [0.5, 0.6) is 23.5 Å². The van der Waals surface area contributed by atoms with Crippen molar-refractivity contribution in [3.05, 3.63) is 60.7 Å². The van der Waals surface area contributed by atoms with Crippen LogP contribution in [-0.2, 0) is 41.9 Å². The highest BCUT2D eigenvalue weighted by atomic mass is 16.3. The van der Waals surface area contributed by atoms with Gasteiger partial charge in [-0.05, 0) is 194 Å². The largest absolute Gasteiger partial charge is 0.494 e. The molecule has 3 saturated carbocycles. The Kier molecular flexibility index (Phi) is 57.6. The zero-order valence-corrected chi connectivity index (χ0v) is 86.8. The van der Waals surface area contributed by atoms with E-state index in [0.29, 0.717) is 61.8 Å². The topological polar surface area (TPSA) is 206 Å². The van der Waals surface area contributed by atoms with Crippen LogP contribution in [0.2, 0.25) is 0 Å². The maximum absolute atomic E-state index is 13.9. The summed E-state index contributed by atoms with van der Waals surface area (Å²) >= 11 is 0. The van der Waals surface area contributed by atoms with Crippen molar-refractivity contribution in [2.45, 2.75) is 512 Å². The van der Waals surface area contributed by atoms with E-state index < -0.39 is 0 Å². The fraction of sp³-hybridized carbons (Fsp3) is 0.812. The molecular formula is C117H200N6O10. The maximum Gasteiger partial charge on any atom is 0.253 e. The van der Waals surface area contributed by atoms with Gasteiger partial charge in [-0.3, -0.25) is 47.7 Å². The Balaban J connectivity index is 0.804. The van der Waals surface area contributed by atoms with E-state index in [0.717, 1.165) is 180 Å². The Morgan fingerprint density at radius 3 is 0.782 bits per heavy atom. The molecule has 0 radical (unpaired) electrons. The molecule has 0 saturated heterocycles. The number of hydrogen-bond donors (Lipinski definition) is 4. The van der Waals surface area contributed by atoms with Gasteiger partial charge in [-0.2, -0.15) is 0 Å². The van der Waals surface area contributed by atoms with Crippen molar-refractivity contribution in [1.29, 1.82) is 0 Å². The van der Waals surface area contributed by atoms with Gasteiger partial charge in [0.1, 0.15) is 11.4 Å². The van der Waals surface area contributed by atoms with Gasteiger partial charge in [0.2, 0.25) is 11.8 Å². The van der Waals surface area contributed by atoms with Crippen LogP contribution in [0.15, 0.2) is 60.7 Å². The summed E-state index contributed by atoms with van der Waals surface area (Å²) in [6, 6.07) is 3.16. The first-order valence-electron chi connectivity index (χ1n) is 57.0. The Labute approximate surface area is 813 Å². The molecule has 4 N–H and O–H groups in total. The standard InChI is InChI=1S/C117H200N6O10/c1-11-17-20-35-53-70-101-95(63-14-4)76-77-98(67-50-36-23-29-42-57-84-118(114(130)92(7)8)106-90-112(128)122(116(106)132)88-61-46-33-27-39-54-71-102-96(75-74-94(16-6)100(102)64-15-5)66-49-37-24-30-44-59-86-120-108(124)80-81-109(120)125)103(101)72-55-40-26-32-43-58-85-119(115(131)93(9)10)107-91-113(129)123(117(107)133)89-62-47-34-28-41-56-73-105-99(68-51-38-25-31-45-60-87-121-110(126)82-83-111(121)127)79-78-97(65-48-21-18-12-2)104(105)69-52-22-19-13-3/h80-83,90-91,94-105,128-129,132-133H,7,9,11-79,84-89H2,1-6,8,10H3. The third-order valence-electron chi connectivity index (χ3n) is 33.1. The highest BCUT2D eigenvalue weighted by Crippen LogP contribution is 2.52. The Bertz CT molecular complexity index is 3610. The van der Waals surface area contributed by atoms with Crippen molar-refractivity contribution >= 4 is 46.8 Å². The predicted octanol–water partition coefficient (Wildman–Crippen LogP) is 32.0. The van der Waals surface area contributed by atoms with Crippen molar-refractivity contribution in [1.82, 2.24) is 18.9 Å². The molecule has 7 rings (SSSR count). The number of unbranched alkanes of at least 4 members (excludes halogenated alkanes) is 40. The first-order valence-corrected chi connectivity index (χ1v) is 57.0. The Morgan fingerprint density at radius 1 is 0.286 bits per heavy atom. The van der Waals surface area contributed by atoms with Crippen molar-refractivity contribution < 1.29 is 49.2 Å². The second-order valence-corrected chi connectivity index (χ2v) is 43.1. The lowest BCUT2D eigenvalue weighted by atomic mass is 9.61. The van der Waals surface area contributed by atoms with Gasteiger partial charge < -0.3 is 30.2 Å². The summed E-state index contributed by atoms with van der Waals surface area (Å²) in [4.78, 5) is 81.6. The van der Waals surface area contributed by atoms with Crippen LogP contribution in [0.3, 0.4) is 0 Å².